The third-order valence-electron chi connectivity index (χ3n) is 3.38. The summed E-state index contributed by atoms with van der Waals surface area (Å²) in [5.74, 6) is -0.289. The van der Waals surface area contributed by atoms with Crippen LogP contribution in [0.15, 0.2) is 47.4 Å². The molecule has 5 heteroatoms. The quantitative estimate of drug-likeness (QED) is 0.936. The van der Waals surface area contributed by atoms with Gasteiger partial charge in [-0.05, 0) is 49.2 Å². The summed E-state index contributed by atoms with van der Waals surface area (Å²) in [4.78, 5) is 0.292. The second kappa shape index (κ2) is 5.85. The van der Waals surface area contributed by atoms with Gasteiger partial charge in [0.05, 0.1) is 4.90 Å². The van der Waals surface area contributed by atoms with E-state index in [9.17, 15) is 12.8 Å². The van der Waals surface area contributed by atoms with E-state index in [1.807, 2.05) is 13.8 Å². The third-order valence-corrected chi connectivity index (χ3v) is 4.51. The zero-order valence-electron chi connectivity index (χ0n) is 12.2. The first-order chi connectivity index (χ1) is 9.77. The van der Waals surface area contributed by atoms with Gasteiger partial charge >= 0.3 is 0 Å². The molecule has 0 amide bonds. The van der Waals surface area contributed by atoms with Crippen LogP contribution in [0.1, 0.15) is 24.1 Å². The molecule has 2 rings (SSSR count). The van der Waals surface area contributed by atoms with Gasteiger partial charge in [0.1, 0.15) is 5.82 Å². The monoisotopic (exact) mass is 307 g/mol. The lowest BCUT2D eigenvalue weighted by molar-refractivity contribution is 0.601. The molecule has 0 aliphatic heterocycles. The molecule has 0 spiro atoms. The highest BCUT2D eigenvalue weighted by Gasteiger charge is 2.10. The van der Waals surface area contributed by atoms with Gasteiger partial charge in [-0.25, -0.2) is 12.8 Å². The maximum atomic E-state index is 13.3. The third kappa shape index (κ3) is 3.82. The summed E-state index contributed by atoms with van der Waals surface area (Å²) in [6, 6.07) is 11.2. The molecule has 0 aromatic heterocycles. The highest BCUT2D eigenvalue weighted by atomic mass is 32.2. The van der Waals surface area contributed by atoms with Crippen LogP contribution in [-0.2, 0) is 9.84 Å². The number of aryl methyl sites for hydroxylation is 1. The molecule has 0 saturated heterocycles. The van der Waals surface area contributed by atoms with Crippen molar-refractivity contribution in [1.29, 1.82) is 0 Å². The van der Waals surface area contributed by atoms with E-state index in [0.717, 1.165) is 16.8 Å². The lowest BCUT2D eigenvalue weighted by Crippen LogP contribution is -2.08. The fourth-order valence-electron chi connectivity index (χ4n) is 2.07. The Morgan fingerprint density at radius 3 is 2.29 bits per heavy atom. The van der Waals surface area contributed by atoms with Crippen molar-refractivity contribution in [2.24, 2.45) is 0 Å². The molecule has 1 unspecified atom stereocenters. The molecule has 0 heterocycles. The minimum Gasteiger partial charge on any atom is -0.378 e. The van der Waals surface area contributed by atoms with Crippen LogP contribution in [0, 0.1) is 12.7 Å². The Kier molecular flexibility index (Phi) is 4.32. The van der Waals surface area contributed by atoms with Crippen molar-refractivity contribution < 1.29 is 12.8 Å². The molecule has 0 saturated carbocycles. The van der Waals surface area contributed by atoms with E-state index in [1.165, 1.54) is 18.4 Å². The Morgan fingerprint density at radius 2 is 1.71 bits per heavy atom. The number of halogens is 1. The second-order valence-electron chi connectivity index (χ2n) is 5.17. The number of anilines is 1. The fourth-order valence-corrected chi connectivity index (χ4v) is 2.70. The number of sulfone groups is 1. The standard InChI is InChI=1S/C16H18FNO2S/c1-11-4-7-14(17)10-16(11)18-12(2)13-5-8-15(9-6-13)21(3,19)20/h4-10,12,18H,1-3H3. The average molecular weight is 307 g/mol. The van der Waals surface area contributed by atoms with Crippen LogP contribution in [0.25, 0.3) is 0 Å². The van der Waals surface area contributed by atoms with Crippen LogP contribution >= 0.6 is 0 Å². The van der Waals surface area contributed by atoms with Crippen molar-refractivity contribution in [3.05, 3.63) is 59.4 Å². The lowest BCUT2D eigenvalue weighted by atomic mass is 10.1. The molecule has 2 aromatic carbocycles. The molecule has 2 aromatic rings. The van der Waals surface area contributed by atoms with Crippen molar-refractivity contribution in [3.63, 3.8) is 0 Å². The average Bonchev–Trinajstić information content (AvgIpc) is 2.42. The molecule has 0 aliphatic carbocycles. The van der Waals surface area contributed by atoms with Crippen LogP contribution in [0.5, 0.6) is 0 Å². The molecule has 0 aliphatic rings. The first kappa shape index (κ1) is 15.5. The number of benzene rings is 2. The van der Waals surface area contributed by atoms with Gasteiger partial charge in [-0.15, -0.1) is 0 Å². The molecule has 0 radical (unpaired) electrons. The molecule has 3 nitrogen and oxygen atoms in total. The van der Waals surface area contributed by atoms with Crippen LogP contribution in [0.3, 0.4) is 0 Å². The van der Waals surface area contributed by atoms with E-state index < -0.39 is 9.84 Å². The SMILES string of the molecule is Cc1ccc(F)cc1NC(C)c1ccc(S(C)(=O)=O)cc1. The minimum absolute atomic E-state index is 0.0564. The molecule has 0 fully saturated rings. The lowest BCUT2D eigenvalue weighted by Gasteiger charge is -2.17. The van der Waals surface area contributed by atoms with Crippen LogP contribution in [-0.4, -0.2) is 14.7 Å². The van der Waals surface area contributed by atoms with Gasteiger partial charge in [0.2, 0.25) is 0 Å². The summed E-state index contributed by atoms with van der Waals surface area (Å²) in [7, 11) is -3.19. The second-order valence-corrected chi connectivity index (χ2v) is 7.18. The van der Waals surface area contributed by atoms with Crippen LogP contribution in [0.4, 0.5) is 10.1 Å². The van der Waals surface area contributed by atoms with E-state index in [0.29, 0.717) is 4.90 Å². The predicted molar refractivity (Wildman–Crippen MR) is 82.7 cm³/mol. The molecule has 21 heavy (non-hydrogen) atoms. The zero-order valence-corrected chi connectivity index (χ0v) is 13.0. The summed E-state index contributed by atoms with van der Waals surface area (Å²) in [6.45, 7) is 3.85. The summed E-state index contributed by atoms with van der Waals surface area (Å²) in [5.41, 5.74) is 2.62. The van der Waals surface area contributed by atoms with Crippen LogP contribution < -0.4 is 5.32 Å². The number of rotatable bonds is 4. The van der Waals surface area contributed by atoms with Crippen molar-refractivity contribution in [2.45, 2.75) is 24.8 Å². The van der Waals surface area contributed by atoms with Crippen molar-refractivity contribution >= 4 is 15.5 Å². The molecular formula is C16H18FNO2S. The maximum Gasteiger partial charge on any atom is 0.175 e. The van der Waals surface area contributed by atoms with E-state index in [2.05, 4.69) is 5.32 Å². The number of hydrogen-bond acceptors (Lipinski definition) is 3. The van der Waals surface area contributed by atoms with E-state index in [1.54, 1.807) is 30.3 Å². The molecular weight excluding hydrogens is 289 g/mol. The zero-order chi connectivity index (χ0) is 15.6. The van der Waals surface area contributed by atoms with Gasteiger partial charge in [0.25, 0.3) is 0 Å². The fraction of sp³-hybridized carbons (Fsp3) is 0.250. The van der Waals surface area contributed by atoms with Gasteiger partial charge < -0.3 is 5.32 Å². The van der Waals surface area contributed by atoms with E-state index >= 15 is 0 Å². The van der Waals surface area contributed by atoms with E-state index in [4.69, 9.17) is 0 Å². The van der Waals surface area contributed by atoms with E-state index in [-0.39, 0.29) is 11.9 Å². The van der Waals surface area contributed by atoms with Gasteiger partial charge in [0, 0.05) is 18.0 Å². The summed E-state index contributed by atoms with van der Waals surface area (Å²) < 4.78 is 36.1. The summed E-state index contributed by atoms with van der Waals surface area (Å²) in [6.07, 6.45) is 1.18. The largest absolute Gasteiger partial charge is 0.378 e. The highest BCUT2D eigenvalue weighted by molar-refractivity contribution is 7.90. The van der Waals surface area contributed by atoms with Gasteiger partial charge in [-0.1, -0.05) is 18.2 Å². The Morgan fingerprint density at radius 1 is 1.10 bits per heavy atom. The Balaban J connectivity index is 2.20. The Labute approximate surface area is 124 Å². The topological polar surface area (TPSA) is 46.2 Å². The van der Waals surface area contributed by atoms with Crippen molar-refractivity contribution in [2.75, 3.05) is 11.6 Å². The summed E-state index contributed by atoms with van der Waals surface area (Å²) >= 11 is 0. The Hall–Kier alpha value is -1.88. The molecule has 112 valence electrons. The van der Waals surface area contributed by atoms with Crippen molar-refractivity contribution in [3.8, 4) is 0 Å². The maximum absolute atomic E-state index is 13.3. The first-order valence-electron chi connectivity index (χ1n) is 6.60. The number of hydrogen-bond donors (Lipinski definition) is 1. The molecule has 0 bridgehead atoms. The molecule has 1 atom stereocenters. The smallest absolute Gasteiger partial charge is 0.175 e. The normalized spacial score (nSPS) is 13.0. The van der Waals surface area contributed by atoms with Gasteiger partial charge in [-0.3, -0.25) is 0 Å². The number of nitrogens with one attached hydrogen (secondary N) is 1. The molecule has 1 N–H and O–H groups in total. The highest BCUT2D eigenvalue weighted by Crippen LogP contribution is 2.23. The predicted octanol–water partition coefficient (Wildman–Crippen LogP) is 3.71. The van der Waals surface area contributed by atoms with Gasteiger partial charge in [-0.2, -0.15) is 0 Å². The minimum atomic E-state index is -3.19. The summed E-state index contributed by atoms with van der Waals surface area (Å²) in [5, 5.41) is 3.24. The van der Waals surface area contributed by atoms with Gasteiger partial charge in [0.15, 0.2) is 9.84 Å². The first-order valence-corrected chi connectivity index (χ1v) is 8.49. The Bertz CT molecular complexity index is 739. The van der Waals surface area contributed by atoms with Crippen molar-refractivity contribution in [1.82, 2.24) is 0 Å². The van der Waals surface area contributed by atoms with Crippen LogP contribution in [0.2, 0.25) is 0 Å².